The van der Waals surface area contributed by atoms with E-state index in [2.05, 4.69) is 66.0 Å². The van der Waals surface area contributed by atoms with Crippen LogP contribution in [0.1, 0.15) is 31.0 Å². The zero-order valence-electron chi connectivity index (χ0n) is 16.8. The molecular weight excluding hydrogens is 382 g/mol. The monoisotopic (exact) mass is 407 g/mol. The minimum absolute atomic E-state index is 0.0114. The summed E-state index contributed by atoms with van der Waals surface area (Å²) in [6.07, 6.45) is 0. The van der Waals surface area contributed by atoms with Gasteiger partial charge in [-0.15, -0.1) is 10.2 Å². The van der Waals surface area contributed by atoms with Gasteiger partial charge in [-0.2, -0.15) is 0 Å². The van der Waals surface area contributed by atoms with Gasteiger partial charge in [-0.25, -0.2) is 4.68 Å². The molecule has 1 amide bonds. The number of thioether (sulfide) groups is 1. The summed E-state index contributed by atoms with van der Waals surface area (Å²) in [5, 5.41) is 12.1. The van der Waals surface area contributed by atoms with Gasteiger partial charge in [0.05, 0.1) is 6.04 Å². The number of amides is 1. The van der Waals surface area contributed by atoms with Crippen molar-refractivity contribution in [3.63, 3.8) is 0 Å². The molecule has 4 rings (SSSR count). The number of nitrogens with zero attached hydrogens (tertiary/aromatic N) is 3. The number of aromatic nitrogens is 3. The zero-order chi connectivity index (χ0) is 20.4. The summed E-state index contributed by atoms with van der Waals surface area (Å²) in [4.78, 5) is 13.0. The van der Waals surface area contributed by atoms with Crippen LogP contribution in [0.25, 0.3) is 11.4 Å². The molecule has 2 N–H and O–H groups in total. The molecule has 0 radical (unpaired) electrons. The highest BCUT2D eigenvalue weighted by atomic mass is 32.2. The minimum atomic E-state index is -0.336. The van der Waals surface area contributed by atoms with Gasteiger partial charge in [0.2, 0.25) is 11.1 Å². The Kier molecular flexibility index (Phi) is 5.58. The summed E-state index contributed by atoms with van der Waals surface area (Å²) in [6, 6.07) is 18.1. The van der Waals surface area contributed by atoms with Crippen molar-refractivity contribution in [2.24, 2.45) is 5.92 Å². The second-order valence-electron chi connectivity index (χ2n) is 7.70. The number of carbonyl (C=O) groups excluding carboxylic acids is 1. The lowest BCUT2D eigenvalue weighted by atomic mass is 10.0. The number of aryl methyl sites for hydroxylation is 1. The highest BCUT2D eigenvalue weighted by molar-refractivity contribution is 8.00. The molecule has 0 bridgehead atoms. The van der Waals surface area contributed by atoms with Gasteiger partial charge >= 0.3 is 0 Å². The van der Waals surface area contributed by atoms with E-state index in [1.807, 2.05) is 35.0 Å². The number of rotatable bonds is 5. The van der Waals surface area contributed by atoms with Crippen LogP contribution in [0.2, 0.25) is 0 Å². The Morgan fingerprint density at radius 2 is 1.86 bits per heavy atom. The third-order valence-corrected chi connectivity index (χ3v) is 6.06. The van der Waals surface area contributed by atoms with Crippen LogP contribution in [-0.4, -0.2) is 32.6 Å². The quantitative estimate of drug-likeness (QED) is 0.673. The van der Waals surface area contributed by atoms with Crippen molar-refractivity contribution in [3.05, 3.63) is 65.7 Å². The normalized spacial score (nSPS) is 18.2. The molecule has 0 spiro atoms. The standard InChI is InChI=1S/C22H25N5OS/c1-14(2)13-23-21(28)19-18(16-11-9-15(3)10-12-16)26-27-20(24-25-22(27)29-19)17-7-5-4-6-8-17/h4-12,14,18-19,26H,13H2,1-3H3,(H,23,28)/t18-,19-/m1/s1. The molecule has 29 heavy (non-hydrogen) atoms. The van der Waals surface area contributed by atoms with Crippen LogP contribution in [-0.2, 0) is 4.79 Å². The first-order chi connectivity index (χ1) is 14.0. The zero-order valence-corrected chi connectivity index (χ0v) is 17.6. The van der Waals surface area contributed by atoms with Gasteiger partial charge < -0.3 is 10.7 Å². The van der Waals surface area contributed by atoms with Crippen LogP contribution in [0, 0.1) is 12.8 Å². The second-order valence-corrected chi connectivity index (χ2v) is 8.81. The summed E-state index contributed by atoms with van der Waals surface area (Å²) in [5.41, 5.74) is 6.73. The van der Waals surface area contributed by atoms with Crippen LogP contribution in [0.3, 0.4) is 0 Å². The Balaban J connectivity index is 1.70. The van der Waals surface area contributed by atoms with Crippen molar-refractivity contribution in [2.45, 2.75) is 37.2 Å². The molecule has 0 unspecified atom stereocenters. The van der Waals surface area contributed by atoms with Gasteiger partial charge in [-0.05, 0) is 18.4 Å². The van der Waals surface area contributed by atoms with Crippen molar-refractivity contribution in [1.82, 2.24) is 20.2 Å². The Labute approximate surface area is 175 Å². The van der Waals surface area contributed by atoms with Gasteiger partial charge in [0.15, 0.2) is 5.82 Å². The number of hydrogen-bond acceptors (Lipinski definition) is 5. The van der Waals surface area contributed by atoms with E-state index in [1.165, 1.54) is 17.3 Å². The Bertz CT molecular complexity index is 984. The molecule has 0 saturated carbocycles. The lowest BCUT2D eigenvalue weighted by Crippen LogP contribution is -2.44. The van der Waals surface area contributed by atoms with E-state index in [-0.39, 0.29) is 17.2 Å². The smallest absolute Gasteiger partial charge is 0.236 e. The van der Waals surface area contributed by atoms with Crippen LogP contribution in [0.4, 0.5) is 0 Å². The van der Waals surface area contributed by atoms with Gasteiger partial charge in [0.1, 0.15) is 5.25 Å². The molecular formula is C22H25N5OS. The second kappa shape index (κ2) is 8.29. The average molecular weight is 408 g/mol. The largest absolute Gasteiger partial charge is 0.355 e. The molecule has 0 saturated heterocycles. The molecule has 0 fully saturated rings. The first kappa shape index (κ1) is 19.5. The van der Waals surface area contributed by atoms with Crippen molar-refractivity contribution < 1.29 is 4.79 Å². The third-order valence-electron chi connectivity index (χ3n) is 4.85. The van der Waals surface area contributed by atoms with E-state index >= 15 is 0 Å². The molecule has 2 heterocycles. The lowest BCUT2D eigenvalue weighted by molar-refractivity contribution is -0.121. The molecule has 6 nitrogen and oxygen atoms in total. The van der Waals surface area contributed by atoms with Gasteiger partial charge in [-0.1, -0.05) is 85.8 Å². The maximum Gasteiger partial charge on any atom is 0.236 e. The lowest BCUT2D eigenvalue weighted by Gasteiger charge is -2.33. The van der Waals surface area contributed by atoms with Crippen LogP contribution in [0.15, 0.2) is 59.8 Å². The van der Waals surface area contributed by atoms with Gasteiger partial charge in [0.25, 0.3) is 0 Å². The Morgan fingerprint density at radius 1 is 1.14 bits per heavy atom. The fourth-order valence-corrected chi connectivity index (χ4v) is 4.36. The van der Waals surface area contributed by atoms with Crippen molar-refractivity contribution >= 4 is 17.7 Å². The molecule has 7 heteroatoms. The molecule has 3 aromatic rings. The predicted octanol–water partition coefficient (Wildman–Crippen LogP) is 3.78. The Hall–Kier alpha value is -2.80. The third kappa shape index (κ3) is 4.15. The molecule has 1 aliphatic heterocycles. The van der Waals surface area contributed by atoms with E-state index in [9.17, 15) is 4.79 Å². The summed E-state index contributed by atoms with van der Waals surface area (Å²) in [7, 11) is 0. The number of benzene rings is 2. The SMILES string of the molecule is Cc1ccc([C@H]2Nn3c(nnc3-c3ccccc3)S[C@H]2C(=O)NCC(C)C)cc1. The van der Waals surface area contributed by atoms with Crippen LogP contribution >= 0.6 is 11.8 Å². The van der Waals surface area contributed by atoms with Gasteiger partial charge in [-0.3, -0.25) is 4.79 Å². The molecule has 150 valence electrons. The Morgan fingerprint density at radius 3 is 2.55 bits per heavy atom. The van der Waals surface area contributed by atoms with E-state index < -0.39 is 0 Å². The van der Waals surface area contributed by atoms with Gasteiger partial charge in [0, 0.05) is 12.1 Å². The fourth-order valence-electron chi connectivity index (χ4n) is 3.26. The number of fused-ring (bicyclic) bond motifs is 1. The highest BCUT2D eigenvalue weighted by Gasteiger charge is 2.37. The van der Waals surface area contributed by atoms with E-state index in [0.717, 1.165) is 17.0 Å². The van der Waals surface area contributed by atoms with Crippen molar-refractivity contribution in [2.75, 3.05) is 12.0 Å². The minimum Gasteiger partial charge on any atom is -0.355 e. The average Bonchev–Trinajstić information content (AvgIpc) is 3.15. The molecule has 2 atom stereocenters. The van der Waals surface area contributed by atoms with E-state index in [0.29, 0.717) is 17.6 Å². The number of hydrogen-bond donors (Lipinski definition) is 2. The van der Waals surface area contributed by atoms with E-state index in [1.54, 1.807) is 0 Å². The predicted molar refractivity (Wildman–Crippen MR) is 116 cm³/mol. The highest BCUT2D eigenvalue weighted by Crippen LogP contribution is 2.38. The number of nitrogens with one attached hydrogen (secondary N) is 2. The topological polar surface area (TPSA) is 71.8 Å². The maximum absolute atomic E-state index is 13.0. The first-order valence-electron chi connectivity index (χ1n) is 9.81. The molecule has 1 aliphatic rings. The fraction of sp³-hybridized carbons (Fsp3) is 0.318. The van der Waals surface area contributed by atoms with Crippen molar-refractivity contribution in [3.8, 4) is 11.4 Å². The van der Waals surface area contributed by atoms with E-state index in [4.69, 9.17) is 0 Å². The maximum atomic E-state index is 13.0. The molecule has 0 aliphatic carbocycles. The molecule has 2 aromatic carbocycles. The summed E-state index contributed by atoms with van der Waals surface area (Å²) >= 11 is 1.45. The van der Waals surface area contributed by atoms with Crippen LogP contribution < -0.4 is 10.7 Å². The molecule has 1 aromatic heterocycles. The van der Waals surface area contributed by atoms with Crippen molar-refractivity contribution in [1.29, 1.82) is 0 Å². The van der Waals surface area contributed by atoms with Crippen LogP contribution in [0.5, 0.6) is 0 Å². The summed E-state index contributed by atoms with van der Waals surface area (Å²) in [6.45, 7) is 6.89. The number of carbonyl (C=O) groups is 1. The first-order valence-corrected chi connectivity index (χ1v) is 10.7. The summed E-state index contributed by atoms with van der Waals surface area (Å²) < 4.78 is 1.90. The summed E-state index contributed by atoms with van der Waals surface area (Å²) in [5.74, 6) is 1.15.